The minimum absolute atomic E-state index is 0.211. The van der Waals surface area contributed by atoms with E-state index in [-0.39, 0.29) is 5.91 Å². The van der Waals surface area contributed by atoms with E-state index in [0.29, 0.717) is 5.56 Å². The highest BCUT2D eigenvalue weighted by atomic mass is 16.2. The van der Waals surface area contributed by atoms with Crippen LogP contribution in [0.3, 0.4) is 0 Å². The quantitative estimate of drug-likeness (QED) is 0.636. The fourth-order valence-electron chi connectivity index (χ4n) is 2.23. The lowest BCUT2D eigenvalue weighted by molar-refractivity contribution is 0.0955. The maximum Gasteiger partial charge on any atom is 0.271 e. The van der Waals surface area contributed by atoms with Crippen molar-refractivity contribution in [2.24, 2.45) is 5.10 Å². The van der Waals surface area contributed by atoms with Crippen molar-refractivity contribution in [3.8, 4) is 0 Å². The van der Waals surface area contributed by atoms with Crippen molar-refractivity contribution in [3.63, 3.8) is 0 Å². The fourth-order valence-corrected chi connectivity index (χ4v) is 2.23. The van der Waals surface area contributed by atoms with E-state index in [1.54, 1.807) is 0 Å². The SMILES string of the molecule is CCN(CC)c1ccc(C(=O)N/N=C(\C)c2ccc[nH]2)cc1. The minimum Gasteiger partial charge on any atom is -0.372 e. The monoisotopic (exact) mass is 298 g/mol. The number of hydrogen-bond donors (Lipinski definition) is 2. The molecule has 1 amide bonds. The molecule has 0 saturated carbocycles. The Bertz CT molecular complexity index is 625. The predicted molar refractivity (Wildman–Crippen MR) is 90.5 cm³/mol. The number of amides is 1. The zero-order valence-electron chi connectivity index (χ0n) is 13.3. The Morgan fingerprint density at radius 1 is 1.18 bits per heavy atom. The highest BCUT2D eigenvalue weighted by Crippen LogP contribution is 2.14. The van der Waals surface area contributed by atoms with Crippen molar-refractivity contribution in [1.29, 1.82) is 0 Å². The second kappa shape index (κ2) is 7.45. The topological polar surface area (TPSA) is 60.5 Å². The van der Waals surface area contributed by atoms with E-state index in [4.69, 9.17) is 0 Å². The van der Waals surface area contributed by atoms with Crippen LogP contribution in [-0.4, -0.2) is 29.7 Å². The van der Waals surface area contributed by atoms with Crippen LogP contribution in [0.1, 0.15) is 36.8 Å². The fraction of sp³-hybridized carbons (Fsp3) is 0.294. The van der Waals surface area contributed by atoms with E-state index in [9.17, 15) is 4.79 Å². The number of nitrogens with one attached hydrogen (secondary N) is 2. The number of H-pyrrole nitrogens is 1. The van der Waals surface area contributed by atoms with Gasteiger partial charge in [-0.25, -0.2) is 5.43 Å². The summed E-state index contributed by atoms with van der Waals surface area (Å²) in [5.41, 5.74) is 5.91. The molecule has 2 rings (SSSR count). The van der Waals surface area contributed by atoms with Crippen LogP contribution in [0.15, 0.2) is 47.7 Å². The summed E-state index contributed by atoms with van der Waals surface area (Å²) >= 11 is 0. The number of benzene rings is 1. The maximum absolute atomic E-state index is 12.1. The molecule has 1 aromatic heterocycles. The van der Waals surface area contributed by atoms with E-state index in [1.165, 1.54) is 0 Å². The number of aromatic nitrogens is 1. The van der Waals surface area contributed by atoms with E-state index in [0.717, 1.165) is 30.2 Å². The van der Waals surface area contributed by atoms with Gasteiger partial charge in [0, 0.05) is 30.5 Å². The van der Waals surface area contributed by atoms with E-state index in [1.807, 2.05) is 49.5 Å². The molecular weight excluding hydrogens is 276 g/mol. The number of hydrogen-bond acceptors (Lipinski definition) is 3. The summed E-state index contributed by atoms with van der Waals surface area (Å²) in [7, 11) is 0. The zero-order chi connectivity index (χ0) is 15.9. The number of aromatic amines is 1. The van der Waals surface area contributed by atoms with Crippen molar-refractivity contribution in [1.82, 2.24) is 10.4 Å². The Kier molecular flexibility index (Phi) is 5.36. The lowest BCUT2D eigenvalue weighted by Crippen LogP contribution is -2.22. The molecule has 0 saturated heterocycles. The Balaban J connectivity index is 2.02. The lowest BCUT2D eigenvalue weighted by Gasteiger charge is -2.20. The summed E-state index contributed by atoms with van der Waals surface area (Å²) in [4.78, 5) is 17.4. The van der Waals surface area contributed by atoms with Crippen LogP contribution in [0.2, 0.25) is 0 Å². The summed E-state index contributed by atoms with van der Waals surface area (Å²) in [6, 6.07) is 11.4. The smallest absolute Gasteiger partial charge is 0.271 e. The molecule has 0 atom stereocenters. The maximum atomic E-state index is 12.1. The van der Waals surface area contributed by atoms with Crippen LogP contribution in [0.5, 0.6) is 0 Å². The van der Waals surface area contributed by atoms with Gasteiger partial charge >= 0.3 is 0 Å². The number of rotatable bonds is 6. The van der Waals surface area contributed by atoms with Gasteiger partial charge in [0.2, 0.25) is 0 Å². The normalized spacial score (nSPS) is 11.3. The van der Waals surface area contributed by atoms with E-state index < -0.39 is 0 Å². The predicted octanol–water partition coefficient (Wildman–Crippen LogP) is 3.01. The summed E-state index contributed by atoms with van der Waals surface area (Å²) in [5, 5.41) is 4.11. The van der Waals surface area contributed by atoms with Crippen LogP contribution in [0.25, 0.3) is 0 Å². The molecule has 0 radical (unpaired) electrons. The highest BCUT2D eigenvalue weighted by Gasteiger charge is 2.07. The summed E-state index contributed by atoms with van der Waals surface area (Å²) in [6.45, 7) is 7.96. The third-order valence-electron chi connectivity index (χ3n) is 3.57. The molecule has 1 aromatic carbocycles. The first-order valence-corrected chi connectivity index (χ1v) is 7.49. The van der Waals surface area contributed by atoms with Crippen molar-refractivity contribution in [3.05, 3.63) is 53.9 Å². The van der Waals surface area contributed by atoms with Gasteiger partial charge in [-0.1, -0.05) is 0 Å². The average Bonchev–Trinajstić information content (AvgIpc) is 3.08. The molecule has 5 nitrogen and oxygen atoms in total. The largest absolute Gasteiger partial charge is 0.372 e. The number of hydrazone groups is 1. The first-order valence-electron chi connectivity index (χ1n) is 7.49. The Labute approximate surface area is 131 Å². The van der Waals surface area contributed by atoms with Crippen molar-refractivity contribution in [2.45, 2.75) is 20.8 Å². The molecule has 0 aliphatic rings. The Hall–Kier alpha value is -2.56. The van der Waals surface area contributed by atoms with Gasteiger partial charge in [-0.05, 0) is 57.2 Å². The molecule has 5 heteroatoms. The first kappa shape index (κ1) is 15.8. The van der Waals surface area contributed by atoms with E-state index >= 15 is 0 Å². The third kappa shape index (κ3) is 3.75. The standard InChI is InChI=1S/C17H22N4O/c1-4-21(5-2)15-10-8-14(9-11-15)17(22)20-19-13(3)16-7-6-12-18-16/h6-12,18H,4-5H2,1-3H3,(H,20,22)/b19-13+. The molecule has 1 heterocycles. The Morgan fingerprint density at radius 2 is 1.86 bits per heavy atom. The van der Waals surface area contributed by atoms with Gasteiger partial charge in [0.15, 0.2) is 0 Å². The number of nitrogens with zero attached hydrogens (tertiary/aromatic N) is 2. The van der Waals surface area contributed by atoms with Gasteiger partial charge in [-0.3, -0.25) is 4.79 Å². The van der Waals surface area contributed by atoms with Crippen molar-refractivity contribution in [2.75, 3.05) is 18.0 Å². The number of carbonyl (C=O) groups is 1. The van der Waals surface area contributed by atoms with E-state index in [2.05, 4.69) is 34.3 Å². The van der Waals surface area contributed by atoms with Crippen molar-refractivity contribution >= 4 is 17.3 Å². The highest BCUT2D eigenvalue weighted by molar-refractivity contribution is 5.99. The van der Waals surface area contributed by atoms with Gasteiger partial charge < -0.3 is 9.88 Å². The number of carbonyl (C=O) groups excluding carboxylic acids is 1. The molecule has 116 valence electrons. The second-order valence-electron chi connectivity index (χ2n) is 4.94. The lowest BCUT2D eigenvalue weighted by atomic mass is 10.2. The van der Waals surface area contributed by atoms with Gasteiger partial charge in [0.1, 0.15) is 0 Å². The molecule has 0 aliphatic carbocycles. The molecule has 0 aliphatic heterocycles. The zero-order valence-corrected chi connectivity index (χ0v) is 13.3. The summed E-state index contributed by atoms with van der Waals surface area (Å²) in [6.07, 6.45) is 1.82. The van der Waals surface area contributed by atoms with Crippen LogP contribution in [-0.2, 0) is 0 Å². The molecule has 0 spiro atoms. The minimum atomic E-state index is -0.211. The van der Waals surface area contributed by atoms with Gasteiger partial charge in [-0.2, -0.15) is 5.10 Å². The summed E-state index contributed by atoms with van der Waals surface area (Å²) < 4.78 is 0. The summed E-state index contributed by atoms with van der Waals surface area (Å²) in [5.74, 6) is -0.211. The second-order valence-corrected chi connectivity index (χ2v) is 4.94. The van der Waals surface area contributed by atoms with Gasteiger partial charge in [0.05, 0.1) is 11.4 Å². The van der Waals surface area contributed by atoms with Crippen LogP contribution < -0.4 is 10.3 Å². The average molecular weight is 298 g/mol. The van der Waals surface area contributed by atoms with Crippen LogP contribution >= 0.6 is 0 Å². The van der Waals surface area contributed by atoms with Gasteiger partial charge in [0.25, 0.3) is 5.91 Å². The first-order chi connectivity index (χ1) is 10.7. The Morgan fingerprint density at radius 3 is 2.41 bits per heavy atom. The molecular formula is C17H22N4O. The number of anilines is 1. The molecule has 2 aromatic rings. The molecule has 0 fully saturated rings. The molecule has 0 unspecified atom stereocenters. The molecule has 0 bridgehead atoms. The van der Waals surface area contributed by atoms with Gasteiger partial charge in [-0.15, -0.1) is 0 Å². The van der Waals surface area contributed by atoms with Crippen molar-refractivity contribution < 1.29 is 4.79 Å². The molecule has 2 N–H and O–H groups in total. The van der Waals surface area contributed by atoms with Crippen LogP contribution in [0.4, 0.5) is 5.69 Å². The van der Waals surface area contributed by atoms with Crippen LogP contribution in [0, 0.1) is 0 Å². The molecule has 22 heavy (non-hydrogen) atoms. The third-order valence-corrected chi connectivity index (χ3v) is 3.57.